The van der Waals surface area contributed by atoms with Crippen LogP contribution in [-0.4, -0.2) is 6.04 Å². The first-order valence-corrected chi connectivity index (χ1v) is 8.62. The van der Waals surface area contributed by atoms with Crippen molar-refractivity contribution in [1.82, 2.24) is 0 Å². The van der Waals surface area contributed by atoms with Crippen molar-refractivity contribution in [3.05, 3.63) is 61.5 Å². The number of nitrogens with one attached hydrogen (secondary N) is 1. The largest absolute Gasteiger partial charge is 0.381 e. The van der Waals surface area contributed by atoms with Gasteiger partial charge in [0.15, 0.2) is 0 Å². The normalized spacial score (nSPS) is 21.0. The summed E-state index contributed by atoms with van der Waals surface area (Å²) in [6, 6.07) is 12.4. The minimum atomic E-state index is 0.424. The zero-order chi connectivity index (χ0) is 15.0. The van der Waals surface area contributed by atoms with Crippen molar-refractivity contribution in [2.75, 3.05) is 5.32 Å². The van der Waals surface area contributed by atoms with E-state index in [0.29, 0.717) is 27.0 Å². The van der Waals surface area contributed by atoms with Gasteiger partial charge in [-0.1, -0.05) is 62.9 Å². The van der Waals surface area contributed by atoms with Gasteiger partial charge in [-0.3, -0.25) is 0 Å². The van der Waals surface area contributed by atoms with Crippen LogP contribution in [0.15, 0.2) is 40.9 Å². The summed E-state index contributed by atoms with van der Waals surface area (Å²) in [7, 11) is 0. The summed E-state index contributed by atoms with van der Waals surface area (Å²) < 4.78 is 1.11. The topological polar surface area (TPSA) is 12.0 Å². The molecule has 21 heavy (non-hydrogen) atoms. The van der Waals surface area contributed by atoms with Crippen molar-refractivity contribution in [1.29, 1.82) is 0 Å². The maximum atomic E-state index is 6.19. The van der Waals surface area contributed by atoms with Crippen molar-refractivity contribution in [3.8, 4) is 0 Å². The molecule has 0 bridgehead atoms. The minimum absolute atomic E-state index is 0.424. The summed E-state index contributed by atoms with van der Waals surface area (Å²) >= 11 is 21.6. The summed E-state index contributed by atoms with van der Waals surface area (Å²) in [4.78, 5) is 0. The van der Waals surface area contributed by atoms with Gasteiger partial charge < -0.3 is 5.32 Å². The quantitative estimate of drug-likeness (QED) is 0.556. The van der Waals surface area contributed by atoms with Crippen LogP contribution in [-0.2, 0) is 0 Å². The Morgan fingerprint density at radius 2 is 1.52 bits per heavy atom. The highest BCUT2D eigenvalue weighted by Gasteiger charge is 2.30. The van der Waals surface area contributed by atoms with Crippen LogP contribution in [0.1, 0.15) is 24.3 Å². The van der Waals surface area contributed by atoms with Crippen LogP contribution in [0, 0.1) is 0 Å². The van der Waals surface area contributed by atoms with E-state index in [4.69, 9.17) is 34.8 Å². The van der Waals surface area contributed by atoms with Gasteiger partial charge in [-0.25, -0.2) is 0 Å². The lowest BCUT2D eigenvalue weighted by atomic mass is 9.76. The fourth-order valence-electron chi connectivity index (χ4n) is 2.60. The molecule has 3 rings (SSSR count). The van der Waals surface area contributed by atoms with E-state index in [0.717, 1.165) is 23.0 Å². The predicted molar refractivity (Wildman–Crippen MR) is 95.0 cm³/mol. The summed E-state index contributed by atoms with van der Waals surface area (Å²) in [6.45, 7) is 0. The lowest BCUT2D eigenvalue weighted by Gasteiger charge is -2.37. The average molecular weight is 406 g/mol. The van der Waals surface area contributed by atoms with Crippen LogP contribution < -0.4 is 5.32 Å². The molecule has 1 N–H and O–H groups in total. The maximum absolute atomic E-state index is 6.19. The third-order valence-corrected chi connectivity index (χ3v) is 5.41. The zero-order valence-corrected chi connectivity index (χ0v) is 14.9. The molecule has 0 saturated heterocycles. The number of hydrogen-bond donors (Lipinski definition) is 1. The third-order valence-electron chi connectivity index (χ3n) is 3.85. The molecule has 2 aromatic rings. The van der Waals surface area contributed by atoms with Crippen molar-refractivity contribution in [2.45, 2.75) is 24.8 Å². The molecule has 0 aliphatic heterocycles. The van der Waals surface area contributed by atoms with Crippen LogP contribution in [0.5, 0.6) is 0 Å². The molecule has 0 heterocycles. The molecule has 110 valence electrons. The van der Waals surface area contributed by atoms with Crippen molar-refractivity contribution in [3.63, 3.8) is 0 Å². The second-order valence-electron chi connectivity index (χ2n) is 5.31. The first-order chi connectivity index (χ1) is 10.0. The Labute approximate surface area is 147 Å². The van der Waals surface area contributed by atoms with E-state index in [9.17, 15) is 0 Å². The monoisotopic (exact) mass is 403 g/mol. The first-order valence-electron chi connectivity index (χ1n) is 6.69. The average Bonchev–Trinajstić information content (AvgIpc) is 2.40. The summed E-state index contributed by atoms with van der Waals surface area (Å²) in [5.41, 5.74) is 2.24. The molecule has 0 unspecified atom stereocenters. The van der Waals surface area contributed by atoms with Gasteiger partial charge in [0.1, 0.15) is 0 Å². The smallest absolute Gasteiger partial charge is 0.0653 e. The molecular weight excluding hydrogens is 392 g/mol. The van der Waals surface area contributed by atoms with Gasteiger partial charge in [0.25, 0.3) is 0 Å². The Balaban J connectivity index is 1.62. The zero-order valence-electron chi connectivity index (χ0n) is 11.0. The van der Waals surface area contributed by atoms with E-state index in [-0.39, 0.29) is 0 Å². The van der Waals surface area contributed by atoms with Crippen LogP contribution in [0.2, 0.25) is 15.1 Å². The van der Waals surface area contributed by atoms with E-state index >= 15 is 0 Å². The lowest BCUT2D eigenvalue weighted by molar-refractivity contribution is 0.374. The lowest BCUT2D eigenvalue weighted by Crippen LogP contribution is -2.34. The van der Waals surface area contributed by atoms with E-state index in [1.54, 1.807) is 12.1 Å². The van der Waals surface area contributed by atoms with Gasteiger partial charge in [-0.15, -0.1) is 0 Å². The Kier molecular flexibility index (Phi) is 4.70. The minimum Gasteiger partial charge on any atom is -0.381 e. The highest BCUT2D eigenvalue weighted by atomic mass is 79.9. The SMILES string of the molecule is Clc1cc(Cl)c(NC2CC(c3ccc(Br)cc3)C2)cc1Cl. The number of hydrogen-bond acceptors (Lipinski definition) is 1. The Morgan fingerprint density at radius 3 is 2.19 bits per heavy atom. The molecule has 1 fully saturated rings. The van der Waals surface area contributed by atoms with Gasteiger partial charge in [0.2, 0.25) is 0 Å². The molecule has 1 aliphatic carbocycles. The standard InChI is InChI=1S/C16H13BrCl3N/c17-11-3-1-9(2-4-11)10-5-12(6-10)21-16-8-14(19)13(18)7-15(16)20/h1-4,7-8,10,12,21H,5-6H2. The number of anilines is 1. The first kappa shape index (κ1) is 15.5. The van der Waals surface area contributed by atoms with Crippen molar-refractivity contribution >= 4 is 56.4 Å². The molecule has 1 nitrogen and oxygen atoms in total. The fourth-order valence-corrected chi connectivity index (χ4v) is 3.46. The Morgan fingerprint density at radius 1 is 0.905 bits per heavy atom. The van der Waals surface area contributed by atoms with Crippen molar-refractivity contribution < 1.29 is 0 Å². The molecule has 0 aromatic heterocycles. The van der Waals surface area contributed by atoms with Crippen LogP contribution in [0.4, 0.5) is 5.69 Å². The molecule has 1 aliphatic rings. The fraction of sp³-hybridized carbons (Fsp3) is 0.250. The molecular formula is C16H13BrCl3N. The summed E-state index contributed by atoms with van der Waals surface area (Å²) in [5, 5.41) is 5.05. The van der Waals surface area contributed by atoms with Gasteiger partial charge in [0, 0.05) is 10.5 Å². The van der Waals surface area contributed by atoms with Crippen molar-refractivity contribution in [2.24, 2.45) is 0 Å². The molecule has 0 radical (unpaired) electrons. The Bertz CT molecular complexity index is 651. The molecule has 0 atom stereocenters. The van der Waals surface area contributed by atoms with E-state index in [1.165, 1.54) is 5.56 Å². The summed E-state index contributed by atoms with van der Waals surface area (Å²) in [5.74, 6) is 0.608. The molecule has 1 saturated carbocycles. The van der Waals surface area contributed by atoms with Gasteiger partial charge in [-0.05, 0) is 48.6 Å². The predicted octanol–water partition coefficient (Wildman–Crippen LogP) is 6.77. The second-order valence-corrected chi connectivity index (χ2v) is 7.44. The highest BCUT2D eigenvalue weighted by Crippen LogP contribution is 2.40. The number of rotatable bonds is 3. The van der Waals surface area contributed by atoms with Crippen LogP contribution >= 0.6 is 50.7 Å². The Hall–Kier alpha value is -0.410. The van der Waals surface area contributed by atoms with Gasteiger partial charge in [0.05, 0.1) is 20.8 Å². The second kappa shape index (κ2) is 6.37. The van der Waals surface area contributed by atoms with E-state index in [1.807, 2.05) is 0 Å². The van der Waals surface area contributed by atoms with E-state index in [2.05, 4.69) is 45.5 Å². The van der Waals surface area contributed by atoms with Crippen LogP contribution in [0.25, 0.3) is 0 Å². The molecule has 0 amide bonds. The number of benzene rings is 2. The van der Waals surface area contributed by atoms with Gasteiger partial charge >= 0.3 is 0 Å². The molecule has 5 heteroatoms. The maximum Gasteiger partial charge on any atom is 0.0653 e. The van der Waals surface area contributed by atoms with E-state index < -0.39 is 0 Å². The summed E-state index contributed by atoms with van der Waals surface area (Å²) in [6.07, 6.45) is 2.19. The highest BCUT2D eigenvalue weighted by molar-refractivity contribution is 9.10. The molecule has 2 aromatic carbocycles. The molecule has 0 spiro atoms. The van der Waals surface area contributed by atoms with Crippen LogP contribution in [0.3, 0.4) is 0 Å². The third kappa shape index (κ3) is 3.50. The number of halogens is 4. The van der Waals surface area contributed by atoms with Gasteiger partial charge in [-0.2, -0.15) is 0 Å².